The van der Waals surface area contributed by atoms with E-state index < -0.39 is 0 Å². The highest BCUT2D eigenvalue weighted by Crippen LogP contribution is 2.48. The van der Waals surface area contributed by atoms with Crippen LogP contribution in [0.1, 0.15) is 26.2 Å². The van der Waals surface area contributed by atoms with Crippen molar-refractivity contribution >= 4 is 5.97 Å². The van der Waals surface area contributed by atoms with Crippen LogP contribution in [0.5, 0.6) is 0 Å². The molecule has 1 aliphatic carbocycles. The van der Waals surface area contributed by atoms with Gasteiger partial charge in [0.2, 0.25) is 0 Å². The summed E-state index contributed by atoms with van der Waals surface area (Å²) in [6, 6.07) is 0. The third-order valence-electron chi connectivity index (χ3n) is 2.24. The molecule has 0 bridgehead atoms. The molecule has 0 spiro atoms. The molecule has 0 heterocycles. The number of carbonyl (C=O) groups is 1. The zero-order valence-electron chi connectivity index (χ0n) is 8.08. The molecule has 0 amide bonds. The van der Waals surface area contributed by atoms with Crippen LogP contribution < -0.4 is 5.73 Å². The van der Waals surface area contributed by atoms with Crippen LogP contribution in [-0.2, 0) is 9.53 Å². The smallest absolute Gasteiger partial charge is 0.315 e. The quantitative estimate of drug-likeness (QED) is 0.515. The fourth-order valence-electron chi connectivity index (χ4n) is 1.25. The summed E-state index contributed by atoms with van der Waals surface area (Å²) in [4.78, 5) is 11.4. The molecule has 2 N–H and O–H groups in total. The van der Waals surface area contributed by atoms with Gasteiger partial charge in [0, 0.05) is 0 Å². The average Bonchev–Trinajstić information content (AvgIpc) is 2.87. The van der Waals surface area contributed by atoms with Crippen molar-refractivity contribution < 1.29 is 9.53 Å². The van der Waals surface area contributed by atoms with E-state index in [4.69, 9.17) is 10.5 Å². The lowest BCUT2D eigenvalue weighted by Gasteiger charge is -2.07. The average molecular weight is 183 g/mol. The number of esters is 1. The van der Waals surface area contributed by atoms with Crippen LogP contribution in [0.15, 0.2) is 12.2 Å². The molecule has 0 unspecified atom stereocenters. The van der Waals surface area contributed by atoms with Gasteiger partial charge in [0.25, 0.3) is 0 Å². The number of hydrogen-bond donors (Lipinski definition) is 1. The maximum atomic E-state index is 11.4. The van der Waals surface area contributed by atoms with Crippen molar-refractivity contribution in [3.63, 3.8) is 0 Å². The highest BCUT2D eigenvalue weighted by molar-refractivity contribution is 5.82. The van der Waals surface area contributed by atoms with Crippen LogP contribution in [0.25, 0.3) is 0 Å². The summed E-state index contributed by atoms with van der Waals surface area (Å²) >= 11 is 0. The van der Waals surface area contributed by atoms with E-state index in [1.54, 1.807) is 0 Å². The Morgan fingerprint density at radius 2 is 2.31 bits per heavy atom. The summed E-state index contributed by atoms with van der Waals surface area (Å²) < 4.78 is 4.98. The predicted octanol–water partition coefficient (Wildman–Crippen LogP) is 1.23. The SMILES string of the molecule is CCOC(=O)C1(C=CCCN)CC1. The van der Waals surface area contributed by atoms with Crippen LogP contribution in [0, 0.1) is 5.41 Å². The molecule has 1 fully saturated rings. The number of hydrogen-bond acceptors (Lipinski definition) is 3. The van der Waals surface area contributed by atoms with E-state index in [9.17, 15) is 4.79 Å². The maximum Gasteiger partial charge on any atom is 0.315 e. The molecule has 74 valence electrons. The fourth-order valence-corrected chi connectivity index (χ4v) is 1.25. The lowest BCUT2D eigenvalue weighted by atomic mass is 10.1. The molecular weight excluding hydrogens is 166 g/mol. The molecule has 13 heavy (non-hydrogen) atoms. The first-order valence-electron chi connectivity index (χ1n) is 4.80. The lowest BCUT2D eigenvalue weighted by molar-refractivity contribution is -0.147. The zero-order chi connectivity index (χ0) is 9.73. The second-order valence-electron chi connectivity index (χ2n) is 3.36. The normalized spacial score (nSPS) is 18.9. The third kappa shape index (κ3) is 2.56. The molecule has 0 saturated heterocycles. The van der Waals surface area contributed by atoms with E-state index in [0.29, 0.717) is 13.2 Å². The Labute approximate surface area is 78.9 Å². The lowest BCUT2D eigenvalue weighted by Crippen LogP contribution is -2.16. The van der Waals surface area contributed by atoms with E-state index in [0.717, 1.165) is 19.3 Å². The number of nitrogens with two attached hydrogens (primary N) is 1. The van der Waals surface area contributed by atoms with Crippen molar-refractivity contribution in [1.29, 1.82) is 0 Å². The molecule has 3 heteroatoms. The van der Waals surface area contributed by atoms with Crippen molar-refractivity contribution in [2.45, 2.75) is 26.2 Å². The Bertz CT molecular complexity index is 207. The van der Waals surface area contributed by atoms with E-state index >= 15 is 0 Å². The Morgan fingerprint density at radius 3 is 2.77 bits per heavy atom. The minimum Gasteiger partial charge on any atom is -0.465 e. The molecule has 0 radical (unpaired) electrons. The summed E-state index contributed by atoms with van der Waals surface area (Å²) in [6.45, 7) is 2.93. The summed E-state index contributed by atoms with van der Waals surface area (Å²) in [7, 11) is 0. The number of carbonyl (C=O) groups excluding carboxylic acids is 1. The minimum absolute atomic E-state index is 0.0803. The van der Waals surface area contributed by atoms with Gasteiger partial charge in [-0.3, -0.25) is 4.79 Å². The van der Waals surface area contributed by atoms with Gasteiger partial charge in [0.05, 0.1) is 12.0 Å². The van der Waals surface area contributed by atoms with E-state index in [1.807, 2.05) is 19.1 Å². The second-order valence-corrected chi connectivity index (χ2v) is 3.36. The first-order valence-corrected chi connectivity index (χ1v) is 4.80. The third-order valence-corrected chi connectivity index (χ3v) is 2.24. The molecule has 0 atom stereocenters. The Hall–Kier alpha value is -0.830. The summed E-state index contributed by atoms with van der Waals surface area (Å²) in [6.07, 6.45) is 6.61. The molecule has 0 aromatic carbocycles. The van der Waals surface area contributed by atoms with Crippen LogP contribution in [0.2, 0.25) is 0 Å². The maximum absolute atomic E-state index is 11.4. The van der Waals surface area contributed by atoms with Crippen molar-refractivity contribution in [3.8, 4) is 0 Å². The van der Waals surface area contributed by atoms with Crippen molar-refractivity contribution in [1.82, 2.24) is 0 Å². The van der Waals surface area contributed by atoms with Gasteiger partial charge in [-0.05, 0) is 32.7 Å². The van der Waals surface area contributed by atoms with Gasteiger partial charge >= 0.3 is 5.97 Å². The first-order chi connectivity index (χ1) is 6.25. The van der Waals surface area contributed by atoms with Crippen molar-refractivity contribution in [2.24, 2.45) is 11.1 Å². The van der Waals surface area contributed by atoms with E-state index in [-0.39, 0.29) is 11.4 Å². The Balaban J connectivity index is 2.42. The van der Waals surface area contributed by atoms with E-state index in [2.05, 4.69) is 0 Å². The van der Waals surface area contributed by atoms with E-state index in [1.165, 1.54) is 0 Å². The van der Waals surface area contributed by atoms with Crippen LogP contribution in [0.4, 0.5) is 0 Å². The Kier molecular flexibility index (Phi) is 3.48. The van der Waals surface area contributed by atoms with Gasteiger partial charge in [-0.2, -0.15) is 0 Å². The summed E-state index contributed by atoms with van der Waals surface area (Å²) in [5.41, 5.74) is 5.06. The van der Waals surface area contributed by atoms with Gasteiger partial charge in [0.15, 0.2) is 0 Å². The second kappa shape index (κ2) is 4.42. The molecular formula is C10H17NO2. The van der Waals surface area contributed by atoms with Crippen molar-refractivity contribution in [2.75, 3.05) is 13.2 Å². The molecule has 3 nitrogen and oxygen atoms in total. The monoisotopic (exact) mass is 183 g/mol. The largest absolute Gasteiger partial charge is 0.465 e. The van der Waals surface area contributed by atoms with Gasteiger partial charge in [-0.15, -0.1) is 0 Å². The van der Waals surface area contributed by atoms with Gasteiger partial charge in [-0.1, -0.05) is 12.2 Å². The highest BCUT2D eigenvalue weighted by Gasteiger charge is 2.48. The molecule has 0 aromatic rings. The Morgan fingerprint density at radius 1 is 1.62 bits per heavy atom. The molecule has 1 saturated carbocycles. The van der Waals surface area contributed by atoms with Gasteiger partial charge in [-0.25, -0.2) is 0 Å². The van der Waals surface area contributed by atoms with Crippen LogP contribution in [0.3, 0.4) is 0 Å². The van der Waals surface area contributed by atoms with Crippen LogP contribution in [-0.4, -0.2) is 19.1 Å². The predicted molar refractivity (Wildman–Crippen MR) is 51.1 cm³/mol. The highest BCUT2D eigenvalue weighted by atomic mass is 16.5. The minimum atomic E-state index is -0.287. The number of rotatable bonds is 5. The zero-order valence-corrected chi connectivity index (χ0v) is 8.08. The molecule has 0 aromatic heterocycles. The summed E-state index contributed by atoms with van der Waals surface area (Å²) in [5, 5.41) is 0. The molecule has 1 rings (SSSR count). The van der Waals surface area contributed by atoms with Crippen LogP contribution >= 0.6 is 0 Å². The van der Waals surface area contributed by atoms with Gasteiger partial charge in [0.1, 0.15) is 0 Å². The molecule has 0 aliphatic heterocycles. The first kappa shape index (κ1) is 10.3. The topological polar surface area (TPSA) is 52.3 Å². The standard InChI is InChI=1S/C10H17NO2/c1-2-13-9(12)10(6-7-10)5-3-4-8-11/h3,5H,2,4,6-8,11H2,1H3. The number of ether oxygens (including phenoxy) is 1. The van der Waals surface area contributed by atoms with Crippen molar-refractivity contribution in [3.05, 3.63) is 12.2 Å². The summed E-state index contributed by atoms with van der Waals surface area (Å²) in [5.74, 6) is -0.0803. The van der Waals surface area contributed by atoms with Gasteiger partial charge < -0.3 is 10.5 Å². The molecule has 1 aliphatic rings. The fraction of sp³-hybridized carbons (Fsp3) is 0.700.